The van der Waals surface area contributed by atoms with E-state index in [1.807, 2.05) is 0 Å². The second-order valence-corrected chi connectivity index (χ2v) is 27.1. The molecule has 17 nitrogen and oxygen atoms in total. The summed E-state index contributed by atoms with van der Waals surface area (Å²) in [5, 5.41) is 71.3. The average molecular weight is 1250 g/mol. The summed E-state index contributed by atoms with van der Waals surface area (Å²) < 4.78 is 55.4. The first-order valence-corrected chi connectivity index (χ1v) is 34.0. The Morgan fingerprint density at radius 2 is 0.663 bits per heavy atom. The van der Waals surface area contributed by atoms with Crippen LogP contribution < -0.4 is 0 Å². The van der Waals surface area contributed by atoms with Crippen molar-refractivity contribution in [2.24, 2.45) is 0 Å². The number of rotatable bonds is 41. The number of phosphoric acid groups is 2. The molecule has 2 saturated heterocycles. The van der Waals surface area contributed by atoms with Gasteiger partial charge in [0.15, 0.2) is 12.6 Å². The van der Waals surface area contributed by atoms with Crippen LogP contribution in [0, 0.1) is 0 Å². The topological polar surface area (TPSA) is 272 Å². The maximum atomic E-state index is 12.8. The van der Waals surface area contributed by atoms with Gasteiger partial charge in [-0.1, -0.05) is 128 Å². The Morgan fingerprint density at radius 1 is 0.372 bits per heavy atom. The van der Waals surface area contributed by atoms with Crippen LogP contribution in [0.3, 0.4) is 0 Å². The maximum absolute atomic E-state index is 12.8. The van der Waals surface area contributed by atoms with Crippen LogP contribution in [0.1, 0.15) is 212 Å². The SMILES string of the molecule is CC(C)=CCC/C(C)=C/CC/C(C)=C/CC/C(C)=C\CC/C(C)=C\CC/C(C)=C\CC/C(C)=C\CC/C(C)=C\CC/C(C)=C\CC/C(C)=C\CC/C(C)=C\COP(=O)(O)OP(=O)(O)O[C@H]1O[C@H](CO)[C@H](O)[C@H](O[C@H]2O[C@H](CO)[C@@H](O)[C@H](O)[C@@H]2O)[C@H]1O. The van der Waals surface area contributed by atoms with Crippen LogP contribution in [0.15, 0.2) is 128 Å². The molecule has 0 aliphatic carbocycles. The molecule has 2 aliphatic heterocycles. The smallest absolute Gasteiger partial charge is 0.394 e. The van der Waals surface area contributed by atoms with Crippen molar-refractivity contribution in [1.82, 2.24) is 0 Å². The molecule has 492 valence electrons. The molecule has 9 N–H and O–H groups in total. The fraction of sp³-hybridized carbons (Fsp3) is 0.672. The molecule has 12 atom stereocenters. The molecule has 0 aromatic rings. The Labute approximate surface area is 516 Å². The Balaban J connectivity index is 1.65. The maximum Gasteiger partial charge on any atom is 0.483 e. The standard InChI is InChI=1S/C67H112O17P2/c1-47(2)23-13-24-48(3)25-14-26-49(4)27-15-28-50(5)29-16-30-51(6)31-17-32-52(7)33-18-34-53(8)35-19-36-54(9)37-20-38-55(10)39-21-40-56(11)41-22-42-57(12)43-44-79-85(75,76)84-86(77,78)83-67-64(74)65(61(71)59(46-69)81-67)82-66-63(73)62(72)60(70)58(45-68)80-66/h23,25,27,29,31,33,35,37,39,41,43,58-74H,13-22,24,26,28,30,32,34,36,38,40,42,44-46H2,1-12H3,(H,75,76)(H,77,78)/b48-25+,49-27+,50-29-,51-31-,52-33-,53-35-,54-37-,55-39-,56-41-,57-43-/t58-,59-,60-,61+,62+,63+,64-,65+,66-,67-/m1/s1. The van der Waals surface area contributed by atoms with Gasteiger partial charge >= 0.3 is 15.6 Å². The second kappa shape index (κ2) is 42.9. The minimum Gasteiger partial charge on any atom is -0.394 e. The quantitative estimate of drug-likeness (QED) is 0.0203. The summed E-state index contributed by atoms with van der Waals surface area (Å²) in [6, 6.07) is 0. The first-order chi connectivity index (χ1) is 40.6. The third kappa shape index (κ3) is 34.3. The molecule has 2 unspecified atom stereocenters. The number of hydrogen-bond acceptors (Lipinski definition) is 15. The van der Waals surface area contributed by atoms with E-state index in [1.54, 1.807) is 6.92 Å². The van der Waals surface area contributed by atoms with E-state index in [4.69, 9.17) is 23.3 Å². The normalized spacial score (nSPS) is 26.2. The second-order valence-electron chi connectivity index (χ2n) is 24.1. The molecule has 0 aromatic heterocycles. The van der Waals surface area contributed by atoms with Crippen LogP contribution in [0.25, 0.3) is 0 Å². The molecule has 0 amide bonds. The van der Waals surface area contributed by atoms with Gasteiger partial charge in [-0.15, -0.1) is 0 Å². The predicted molar refractivity (Wildman–Crippen MR) is 344 cm³/mol. The van der Waals surface area contributed by atoms with Crippen molar-refractivity contribution < 1.29 is 82.2 Å². The molecule has 2 rings (SSSR count). The van der Waals surface area contributed by atoms with Crippen LogP contribution in [0.4, 0.5) is 0 Å². The first-order valence-electron chi connectivity index (χ1n) is 31.0. The van der Waals surface area contributed by atoms with Crippen molar-refractivity contribution >= 4 is 15.6 Å². The minimum atomic E-state index is -5.60. The highest BCUT2D eigenvalue weighted by molar-refractivity contribution is 7.61. The van der Waals surface area contributed by atoms with Crippen molar-refractivity contribution in [3.63, 3.8) is 0 Å². The van der Waals surface area contributed by atoms with E-state index in [0.717, 1.165) is 121 Å². The molecular weight excluding hydrogens is 1140 g/mol. The third-order valence-corrected chi connectivity index (χ3v) is 18.0. The van der Waals surface area contributed by atoms with E-state index in [9.17, 15) is 54.7 Å². The van der Waals surface area contributed by atoms with E-state index >= 15 is 0 Å². The number of ether oxygens (including phenoxy) is 3. The van der Waals surface area contributed by atoms with E-state index in [-0.39, 0.29) is 0 Å². The van der Waals surface area contributed by atoms with Crippen LogP contribution in [-0.2, 0) is 36.7 Å². The summed E-state index contributed by atoms with van der Waals surface area (Å²) in [6.45, 7) is 24.0. The largest absolute Gasteiger partial charge is 0.483 e. The van der Waals surface area contributed by atoms with Gasteiger partial charge in [0.25, 0.3) is 0 Å². The Hall–Kier alpha value is -3.00. The van der Waals surface area contributed by atoms with Gasteiger partial charge in [0.2, 0.25) is 0 Å². The summed E-state index contributed by atoms with van der Waals surface area (Å²) in [5.41, 5.74) is 15.2. The zero-order valence-electron chi connectivity index (χ0n) is 54.1. The van der Waals surface area contributed by atoms with Gasteiger partial charge in [-0.05, 0) is 212 Å². The highest BCUT2D eigenvalue weighted by Gasteiger charge is 2.53. The van der Waals surface area contributed by atoms with Crippen LogP contribution >= 0.6 is 15.6 Å². The molecule has 2 fully saturated rings. The summed E-state index contributed by atoms with van der Waals surface area (Å²) in [6.07, 6.45) is 27.2. The Bertz CT molecular complexity index is 2460. The van der Waals surface area contributed by atoms with Gasteiger partial charge in [0.1, 0.15) is 48.8 Å². The number of hydrogen-bond donors (Lipinski definition) is 9. The number of allylic oxidation sites excluding steroid dienone is 21. The van der Waals surface area contributed by atoms with Crippen LogP contribution in [0.5, 0.6) is 0 Å². The van der Waals surface area contributed by atoms with Gasteiger partial charge in [-0.3, -0.25) is 9.05 Å². The fourth-order valence-corrected chi connectivity index (χ4v) is 11.8. The van der Waals surface area contributed by atoms with Crippen LogP contribution in [0.2, 0.25) is 0 Å². The summed E-state index contributed by atoms with van der Waals surface area (Å²) >= 11 is 0. The molecule has 0 bridgehead atoms. The summed E-state index contributed by atoms with van der Waals surface area (Å²) in [4.78, 5) is 20.6. The summed E-state index contributed by atoms with van der Waals surface area (Å²) in [7, 11) is -10.9. The highest BCUT2D eigenvalue weighted by atomic mass is 31.3. The fourth-order valence-electron chi connectivity index (χ4n) is 9.74. The van der Waals surface area contributed by atoms with E-state index in [0.29, 0.717) is 12.8 Å². The zero-order chi connectivity index (χ0) is 64.4. The lowest BCUT2D eigenvalue weighted by Crippen LogP contribution is -2.64. The average Bonchev–Trinajstić information content (AvgIpc) is 1.35. The molecule has 0 spiro atoms. The van der Waals surface area contributed by atoms with Crippen molar-refractivity contribution in [2.75, 3.05) is 19.8 Å². The molecule has 19 heteroatoms. The lowest BCUT2D eigenvalue weighted by atomic mass is 9.97. The number of aliphatic hydroxyl groups is 7. The molecular formula is C67H112O17P2. The van der Waals surface area contributed by atoms with Gasteiger partial charge in [-0.25, -0.2) is 9.13 Å². The molecule has 0 radical (unpaired) electrons. The molecule has 2 heterocycles. The minimum absolute atomic E-state index is 0.472. The van der Waals surface area contributed by atoms with Crippen LogP contribution in [-0.4, -0.2) is 127 Å². The Morgan fingerprint density at radius 3 is 0.977 bits per heavy atom. The van der Waals surface area contributed by atoms with Gasteiger partial charge in [0, 0.05) is 0 Å². The van der Waals surface area contributed by atoms with Crippen molar-refractivity contribution in [3.05, 3.63) is 128 Å². The summed E-state index contributed by atoms with van der Waals surface area (Å²) in [5.74, 6) is 0. The van der Waals surface area contributed by atoms with Crippen molar-refractivity contribution in [2.45, 2.75) is 273 Å². The Kier molecular flexibility index (Phi) is 39.4. The van der Waals surface area contributed by atoms with E-state index in [2.05, 4.69) is 141 Å². The van der Waals surface area contributed by atoms with Crippen molar-refractivity contribution in [3.8, 4) is 0 Å². The number of phosphoric ester groups is 2. The molecule has 2 aliphatic rings. The lowest BCUT2D eigenvalue weighted by Gasteiger charge is -2.45. The van der Waals surface area contributed by atoms with Gasteiger partial charge in [0.05, 0.1) is 19.8 Å². The monoisotopic (exact) mass is 1250 g/mol. The van der Waals surface area contributed by atoms with E-state index in [1.165, 1.54) is 61.8 Å². The van der Waals surface area contributed by atoms with Gasteiger partial charge in [-0.2, -0.15) is 4.31 Å². The predicted octanol–water partition coefficient (Wildman–Crippen LogP) is 14.1. The molecule has 0 saturated carbocycles. The number of aliphatic hydroxyl groups excluding tert-OH is 7. The first kappa shape index (κ1) is 79.1. The molecule has 86 heavy (non-hydrogen) atoms. The van der Waals surface area contributed by atoms with E-state index < -0.39 is 96.9 Å². The van der Waals surface area contributed by atoms with Crippen molar-refractivity contribution in [1.29, 1.82) is 0 Å². The lowest BCUT2D eigenvalue weighted by molar-refractivity contribution is -0.353. The molecule has 0 aromatic carbocycles. The van der Waals surface area contributed by atoms with Gasteiger partial charge < -0.3 is 59.7 Å². The zero-order valence-corrected chi connectivity index (χ0v) is 55.9. The third-order valence-electron chi connectivity index (χ3n) is 15.4. The highest BCUT2D eigenvalue weighted by Crippen LogP contribution is 2.61.